The largest absolute Gasteiger partial charge is 0.459 e. The predicted octanol–water partition coefficient (Wildman–Crippen LogP) is 1.98. The summed E-state index contributed by atoms with van der Waals surface area (Å²) >= 11 is 0. The maximum atomic E-state index is 12.0. The van der Waals surface area contributed by atoms with Crippen LogP contribution in [-0.4, -0.2) is 35.9 Å². The van der Waals surface area contributed by atoms with Crippen molar-refractivity contribution in [2.45, 2.75) is 59.2 Å². The van der Waals surface area contributed by atoms with Gasteiger partial charge in [-0.2, -0.15) is 0 Å². The Morgan fingerprint density at radius 2 is 2.00 bits per heavy atom. The van der Waals surface area contributed by atoms with Crippen LogP contribution in [0.2, 0.25) is 0 Å². The van der Waals surface area contributed by atoms with E-state index in [4.69, 9.17) is 9.47 Å². The number of fused-ring (bicyclic) bond motifs is 2. The van der Waals surface area contributed by atoms with Gasteiger partial charge < -0.3 is 14.6 Å². The summed E-state index contributed by atoms with van der Waals surface area (Å²) in [5.74, 6) is -0.924. The lowest BCUT2D eigenvalue weighted by Gasteiger charge is -2.56. The highest BCUT2D eigenvalue weighted by Gasteiger charge is 2.61. The maximum absolute atomic E-state index is 12.0. The van der Waals surface area contributed by atoms with Gasteiger partial charge >= 0.3 is 11.9 Å². The summed E-state index contributed by atoms with van der Waals surface area (Å²) in [5.41, 5.74) is 0.870. The lowest BCUT2D eigenvalue weighted by atomic mass is 9.49. The van der Waals surface area contributed by atoms with Gasteiger partial charge in [0.05, 0.1) is 5.57 Å². The smallest absolute Gasteiger partial charge is 0.337 e. The highest BCUT2D eigenvalue weighted by molar-refractivity contribution is 5.94. The van der Waals surface area contributed by atoms with E-state index in [0.29, 0.717) is 5.57 Å². The molecule has 2 aliphatic carbocycles. The van der Waals surface area contributed by atoms with Gasteiger partial charge in [-0.1, -0.05) is 27.2 Å². The zero-order valence-electron chi connectivity index (χ0n) is 13.6. The molecule has 0 amide bonds. The number of ether oxygens (including phenoxy) is 2. The highest BCUT2D eigenvalue weighted by Crippen LogP contribution is 2.61. The molecule has 1 heterocycles. The standard InChI is InChI=1S/C17H24O5/c1-9(18)22-13-12(19)11-10(8-21-15(11)20)17(4)7-5-6-16(2,3)14(13)17/h12-14,19H,5-8H2,1-4H3/t12-,13+,14?,17+/m0/s1. The van der Waals surface area contributed by atoms with Crippen molar-refractivity contribution in [3.8, 4) is 0 Å². The Morgan fingerprint density at radius 1 is 1.32 bits per heavy atom. The Balaban J connectivity index is 2.16. The minimum atomic E-state index is -1.09. The molecule has 1 aliphatic heterocycles. The second-order valence-corrected chi connectivity index (χ2v) is 7.72. The molecule has 5 nitrogen and oxygen atoms in total. The molecule has 1 fully saturated rings. The summed E-state index contributed by atoms with van der Waals surface area (Å²) in [5, 5.41) is 10.7. The van der Waals surface area contributed by atoms with Crippen molar-refractivity contribution in [3.05, 3.63) is 11.1 Å². The van der Waals surface area contributed by atoms with E-state index in [1.807, 2.05) is 0 Å². The van der Waals surface area contributed by atoms with Crippen LogP contribution in [-0.2, 0) is 19.1 Å². The zero-order chi connectivity index (χ0) is 16.3. The average Bonchev–Trinajstić information content (AvgIpc) is 2.77. The number of esters is 2. The fourth-order valence-electron chi connectivity index (χ4n) is 5.09. The number of hydrogen-bond donors (Lipinski definition) is 1. The molecule has 0 spiro atoms. The molecule has 0 saturated heterocycles. The third kappa shape index (κ3) is 2.02. The number of hydrogen-bond acceptors (Lipinski definition) is 5. The van der Waals surface area contributed by atoms with Gasteiger partial charge in [0, 0.05) is 12.8 Å². The third-order valence-corrected chi connectivity index (χ3v) is 5.87. The number of aliphatic hydroxyl groups excluding tert-OH is 1. The number of rotatable bonds is 1. The molecule has 5 heteroatoms. The molecular weight excluding hydrogens is 284 g/mol. The molecule has 1 unspecified atom stereocenters. The summed E-state index contributed by atoms with van der Waals surface area (Å²) < 4.78 is 10.7. The van der Waals surface area contributed by atoms with Crippen molar-refractivity contribution in [3.63, 3.8) is 0 Å². The minimum Gasteiger partial charge on any atom is -0.459 e. The molecule has 0 aromatic carbocycles. The third-order valence-electron chi connectivity index (χ3n) is 5.87. The lowest BCUT2D eigenvalue weighted by molar-refractivity contribution is -0.174. The topological polar surface area (TPSA) is 72.8 Å². The van der Waals surface area contributed by atoms with Crippen LogP contribution in [0.4, 0.5) is 0 Å². The van der Waals surface area contributed by atoms with Gasteiger partial charge in [-0.3, -0.25) is 4.79 Å². The Labute approximate surface area is 130 Å². The van der Waals surface area contributed by atoms with E-state index in [9.17, 15) is 14.7 Å². The van der Waals surface area contributed by atoms with Crippen LogP contribution in [0.3, 0.4) is 0 Å². The first-order valence-electron chi connectivity index (χ1n) is 7.94. The van der Waals surface area contributed by atoms with Crippen molar-refractivity contribution in [1.82, 2.24) is 0 Å². The van der Waals surface area contributed by atoms with Crippen LogP contribution >= 0.6 is 0 Å². The number of carbonyl (C=O) groups excluding carboxylic acids is 2. The van der Waals surface area contributed by atoms with E-state index in [2.05, 4.69) is 20.8 Å². The fraction of sp³-hybridized carbons (Fsp3) is 0.765. The summed E-state index contributed by atoms with van der Waals surface area (Å²) in [7, 11) is 0. The van der Waals surface area contributed by atoms with E-state index in [1.165, 1.54) is 6.92 Å². The van der Waals surface area contributed by atoms with Gasteiger partial charge in [0.25, 0.3) is 0 Å². The zero-order valence-corrected chi connectivity index (χ0v) is 13.6. The average molecular weight is 308 g/mol. The van der Waals surface area contributed by atoms with E-state index in [1.54, 1.807) is 0 Å². The Kier molecular flexibility index (Phi) is 3.40. The van der Waals surface area contributed by atoms with Gasteiger partial charge in [-0.05, 0) is 29.2 Å². The predicted molar refractivity (Wildman–Crippen MR) is 78.8 cm³/mol. The van der Waals surface area contributed by atoms with Crippen LogP contribution in [0, 0.1) is 16.7 Å². The van der Waals surface area contributed by atoms with Gasteiger partial charge in [0.2, 0.25) is 0 Å². The van der Waals surface area contributed by atoms with Crippen molar-refractivity contribution in [2.24, 2.45) is 16.7 Å². The molecular formula is C17H24O5. The van der Waals surface area contributed by atoms with Gasteiger partial charge in [-0.15, -0.1) is 0 Å². The number of cyclic esters (lactones) is 1. The van der Waals surface area contributed by atoms with E-state index in [-0.39, 0.29) is 23.4 Å². The SMILES string of the molecule is CC(=O)O[C@H]1C2C(C)(C)CCC[C@]2(C)C2=C(C(=O)OC2)[C@@H]1O. The summed E-state index contributed by atoms with van der Waals surface area (Å²) in [6.45, 7) is 8.03. The molecule has 0 aromatic heterocycles. The summed E-state index contributed by atoms with van der Waals surface area (Å²) in [4.78, 5) is 23.6. The molecule has 3 rings (SSSR count). The first-order valence-corrected chi connectivity index (χ1v) is 7.94. The van der Waals surface area contributed by atoms with Crippen molar-refractivity contribution >= 4 is 11.9 Å². The van der Waals surface area contributed by atoms with Crippen LogP contribution < -0.4 is 0 Å². The molecule has 3 aliphatic rings. The monoisotopic (exact) mass is 308 g/mol. The molecule has 1 N–H and O–H groups in total. The van der Waals surface area contributed by atoms with Gasteiger partial charge in [-0.25, -0.2) is 4.79 Å². The van der Waals surface area contributed by atoms with Crippen molar-refractivity contribution in [1.29, 1.82) is 0 Å². The number of carbonyl (C=O) groups is 2. The molecule has 122 valence electrons. The van der Waals surface area contributed by atoms with Gasteiger partial charge in [0.15, 0.2) is 0 Å². The lowest BCUT2D eigenvalue weighted by Crippen LogP contribution is -2.58. The Bertz CT molecular complexity index is 561. The first kappa shape index (κ1) is 15.5. The fourth-order valence-corrected chi connectivity index (χ4v) is 5.09. The second-order valence-electron chi connectivity index (χ2n) is 7.72. The van der Waals surface area contributed by atoms with Crippen molar-refractivity contribution in [2.75, 3.05) is 6.61 Å². The first-order chi connectivity index (χ1) is 10.2. The van der Waals surface area contributed by atoms with Gasteiger partial charge in [0.1, 0.15) is 18.8 Å². The molecule has 0 bridgehead atoms. The molecule has 0 aromatic rings. The van der Waals surface area contributed by atoms with Crippen LogP contribution in [0.1, 0.15) is 47.0 Å². The quantitative estimate of drug-likeness (QED) is 0.750. The van der Waals surface area contributed by atoms with E-state index < -0.39 is 24.1 Å². The molecule has 0 radical (unpaired) electrons. The molecule has 4 atom stereocenters. The van der Waals surface area contributed by atoms with E-state index in [0.717, 1.165) is 24.8 Å². The molecule has 1 saturated carbocycles. The second kappa shape index (κ2) is 4.82. The normalized spacial score (nSPS) is 39.9. The van der Waals surface area contributed by atoms with Crippen molar-refractivity contribution < 1.29 is 24.2 Å². The van der Waals surface area contributed by atoms with Crippen LogP contribution in [0.5, 0.6) is 0 Å². The van der Waals surface area contributed by atoms with E-state index >= 15 is 0 Å². The summed E-state index contributed by atoms with van der Waals surface area (Å²) in [6.07, 6.45) is 1.19. The maximum Gasteiger partial charge on any atom is 0.337 e. The highest BCUT2D eigenvalue weighted by atomic mass is 16.6. The number of aliphatic hydroxyl groups is 1. The van der Waals surface area contributed by atoms with Crippen LogP contribution in [0.15, 0.2) is 11.1 Å². The molecule has 22 heavy (non-hydrogen) atoms. The summed E-state index contributed by atoms with van der Waals surface area (Å²) in [6, 6.07) is 0. The van der Waals surface area contributed by atoms with Crippen LogP contribution in [0.25, 0.3) is 0 Å². The Morgan fingerprint density at radius 3 is 2.64 bits per heavy atom. The minimum absolute atomic E-state index is 0.0269. The Hall–Kier alpha value is -1.36.